The van der Waals surface area contributed by atoms with Crippen molar-refractivity contribution in [2.24, 2.45) is 11.0 Å². The summed E-state index contributed by atoms with van der Waals surface area (Å²) >= 11 is 3.33. The Bertz CT molecular complexity index is 1120. The molecule has 0 N–H and O–H groups in total. The SMILES string of the molecule is O=C(COc1ccccc1F)N1N=C2/C(=C\c3cccs3)CCC[C@H]2[C@@H]1c1cccs1. The molecule has 3 heterocycles. The molecule has 2 aromatic heterocycles. The first kappa shape index (κ1) is 20.2. The molecule has 0 bridgehead atoms. The van der Waals surface area contributed by atoms with Gasteiger partial charge < -0.3 is 4.74 Å². The average molecular weight is 453 g/mol. The number of rotatable bonds is 5. The molecule has 0 unspecified atom stereocenters. The minimum Gasteiger partial charge on any atom is -0.481 e. The Labute approximate surface area is 188 Å². The summed E-state index contributed by atoms with van der Waals surface area (Å²) in [6.07, 6.45) is 5.21. The lowest BCUT2D eigenvalue weighted by Gasteiger charge is -2.28. The van der Waals surface area contributed by atoms with Crippen LogP contribution >= 0.6 is 22.7 Å². The van der Waals surface area contributed by atoms with Gasteiger partial charge in [-0.3, -0.25) is 4.79 Å². The first-order chi connectivity index (χ1) is 15.2. The summed E-state index contributed by atoms with van der Waals surface area (Å²) in [6, 6.07) is 14.2. The van der Waals surface area contributed by atoms with Crippen LogP contribution in [0.2, 0.25) is 0 Å². The van der Waals surface area contributed by atoms with Crippen LogP contribution in [0, 0.1) is 11.7 Å². The van der Waals surface area contributed by atoms with Gasteiger partial charge in [-0.25, -0.2) is 9.40 Å². The molecule has 31 heavy (non-hydrogen) atoms. The van der Waals surface area contributed by atoms with Crippen molar-refractivity contribution in [3.8, 4) is 5.75 Å². The van der Waals surface area contributed by atoms with E-state index in [0.29, 0.717) is 0 Å². The topological polar surface area (TPSA) is 41.9 Å². The summed E-state index contributed by atoms with van der Waals surface area (Å²) in [7, 11) is 0. The predicted octanol–water partition coefficient (Wildman–Crippen LogP) is 6.15. The van der Waals surface area contributed by atoms with E-state index < -0.39 is 5.82 Å². The van der Waals surface area contributed by atoms with E-state index in [1.54, 1.807) is 39.8 Å². The maximum atomic E-state index is 13.9. The Morgan fingerprint density at radius 1 is 1.16 bits per heavy atom. The number of hydrogen-bond donors (Lipinski definition) is 0. The van der Waals surface area contributed by atoms with Gasteiger partial charge in [0, 0.05) is 15.7 Å². The van der Waals surface area contributed by atoms with Crippen LogP contribution in [0.15, 0.2) is 70.0 Å². The van der Waals surface area contributed by atoms with Crippen LogP contribution in [0.3, 0.4) is 0 Å². The van der Waals surface area contributed by atoms with E-state index in [2.05, 4.69) is 23.6 Å². The van der Waals surface area contributed by atoms with Gasteiger partial charge in [-0.1, -0.05) is 24.3 Å². The zero-order valence-corrected chi connectivity index (χ0v) is 18.4. The van der Waals surface area contributed by atoms with E-state index in [9.17, 15) is 9.18 Å². The molecule has 1 fully saturated rings. The Balaban J connectivity index is 1.44. The molecule has 0 saturated heterocycles. The quantitative estimate of drug-likeness (QED) is 0.466. The number of benzene rings is 1. The third-order valence-corrected chi connectivity index (χ3v) is 7.40. The molecular formula is C24H21FN2O2S2. The van der Waals surface area contributed by atoms with E-state index >= 15 is 0 Å². The molecule has 2 atom stereocenters. The van der Waals surface area contributed by atoms with Gasteiger partial charge in [0.05, 0.1) is 11.8 Å². The molecule has 0 spiro atoms. The van der Waals surface area contributed by atoms with Crippen molar-refractivity contribution in [3.05, 3.63) is 80.4 Å². The van der Waals surface area contributed by atoms with Crippen molar-refractivity contribution >= 4 is 40.4 Å². The molecule has 1 aromatic carbocycles. The fourth-order valence-corrected chi connectivity index (χ4v) is 5.81. The summed E-state index contributed by atoms with van der Waals surface area (Å²) in [5, 5.41) is 10.5. The monoisotopic (exact) mass is 452 g/mol. The highest BCUT2D eigenvalue weighted by Gasteiger charge is 2.44. The molecule has 0 radical (unpaired) electrons. The number of carbonyl (C=O) groups excluding carboxylic acids is 1. The van der Waals surface area contributed by atoms with Crippen LogP contribution in [0.4, 0.5) is 4.39 Å². The smallest absolute Gasteiger partial charge is 0.281 e. The molecule has 4 nitrogen and oxygen atoms in total. The van der Waals surface area contributed by atoms with Gasteiger partial charge in [0.2, 0.25) is 0 Å². The van der Waals surface area contributed by atoms with Crippen molar-refractivity contribution in [1.29, 1.82) is 0 Å². The number of fused-ring (bicyclic) bond motifs is 1. The van der Waals surface area contributed by atoms with Crippen LogP contribution in [0.1, 0.15) is 35.1 Å². The minimum atomic E-state index is -0.479. The molecule has 1 saturated carbocycles. The van der Waals surface area contributed by atoms with Crippen LogP contribution < -0.4 is 4.74 Å². The second kappa shape index (κ2) is 8.77. The van der Waals surface area contributed by atoms with E-state index in [4.69, 9.17) is 9.84 Å². The van der Waals surface area contributed by atoms with Crippen molar-refractivity contribution in [3.63, 3.8) is 0 Å². The molecule has 1 aliphatic carbocycles. The van der Waals surface area contributed by atoms with Gasteiger partial charge in [-0.05, 0) is 65.9 Å². The molecule has 1 amide bonds. The van der Waals surface area contributed by atoms with E-state index in [0.717, 1.165) is 29.9 Å². The molecular weight excluding hydrogens is 431 g/mol. The maximum Gasteiger partial charge on any atom is 0.281 e. The standard InChI is InChI=1S/C24H21FN2O2S2/c25-19-9-1-2-10-20(19)29-15-22(28)27-24(21-11-5-13-31-21)18-8-3-6-16(23(18)26-27)14-17-7-4-12-30-17/h1-2,4-5,7,9-14,18,24H,3,6,8,15H2/b16-14-/t18-,24-/m1/s1. The first-order valence-electron chi connectivity index (χ1n) is 10.3. The van der Waals surface area contributed by atoms with Gasteiger partial charge in [-0.15, -0.1) is 22.7 Å². The van der Waals surface area contributed by atoms with Crippen LogP contribution in [-0.4, -0.2) is 23.2 Å². The number of para-hydroxylation sites is 1. The third-order valence-electron chi connectivity index (χ3n) is 5.64. The highest BCUT2D eigenvalue weighted by atomic mass is 32.1. The van der Waals surface area contributed by atoms with Crippen molar-refractivity contribution in [1.82, 2.24) is 5.01 Å². The normalized spacial score (nSPS) is 21.8. The summed E-state index contributed by atoms with van der Waals surface area (Å²) < 4.78 is 19.4. The lowest BCUT2D eigenvalue weighted by molar-refractivity contribution is -0.135. The van der Waals surface area contributed by atoms with Gasteiger partial charge in [0.1, 0.15) is 0 Å². The number of halogens is 1. The van der Waals surface area contributed by atoms with Gasteiger partial charge in [0.25, 0.3) is 5.91 Å². The Hall–Kier alpha value is -2.77. The first-order valence-corrected chi connectivity index (χ1v) is 12.0. The van der Waals surface area contributed by atoms with Crippen molar-refractivity contribution < 1.29 is 13.9 Å². The molecule has 7 heteroatoms. The number of nitrogens with zero attached hydrogens (tertiary/aromatic N) is 2. The zero-order valence-electron chi connectivity index (χ0n) is 16.7. The molecule has 5 rings (SSSR count). The lowest BCUT2D eigenvalue weighted by atomic mass is 9.79. The fraction of sp³-hybridized carbons (Fsp3) is 0.250. The highest BCUT2D eigenvalue weighted by molar-refractivity contribution is 7.11. The Morgan fingerprint density at radius 2 is 2.00 bits per heavy atom. The summed E-state index contributed by atoms with van der Waals surface area (Å²) in [4.78, 5) is 15.5. The number of carbonyl (C=O) groups is 1. The van der Waals surface area contributed by atoms with Crippen molar-refractivity contribution in [2.75, 3.05) is 6.61 Å². The minimum absolute atomic E-state index is 0.0751. The second-order valence-electron chi connectivity index (χ2n) is 7.59. The second-order valence-corrected chi connectivity index (χ2v) is 9.55. The van der Waals surface area contributed by atoms with E-state index in [-0.39, 0.29) is 30.2 Å². The van der Waals surface area contributed by atoms with E-state index in [1.807, 2.05) is 17.5 Å². The number of ether oxygens (including phenoxy) is 1. The molecule has 3 aromatic rings. The molecule has 158 valence electrons. The summed E-state index contributed by atoms with van der Waals surface area (Å²) in [6.45, 7) is -0.254. The van der Waals surface area contributed by atoms with Crippen molar-refractivity contribution in [2.45, 2.75) is 25.3 Å². The van der Waals surface area contributed by atoms with Crippen LogP contribution in [0.5, 0.6) is 5.75 Å². The summed E-state index contributed by atoms with van der Waals surface area (Å²) in [5.74, 6) is -0.506. The molecule has 2 aliphatic rings. The number of thiophene rings is 2. The largest absolute Gasteiger partial charge is 0.481 e. The highest BCUT2D eigenvalue weighted by Crippen LogP contribution is 2.45. The maximum absolute atomic E-state index is 13.9. The number of amides is 1. The van der Waals surface area contributed by atoms with Crippen LogP contribution in [0.25, 0.3) is 6.08 Å². The Kier molecular flexibility index (Phi) is 5.70. The average Bonchev–Trinajstić information content (AvgIpc) is 3.53. The van der Waals surface area contributed by atoms with Crippen LogP contribution in [-0.2, 0) is 4.79 Å². The number of allylic oxidation sites excluding steroid dienone is 1. The molecule has 1 aliphatic heterocycles. The van der Waals surface area contributed by atoms with Gasteiger partial charge in [-0.2, -0.15) is 5.10 Å². The van der Waals surface area contributed by atoms with Gasteiger partial charge >= 0.3 is 0 Å². The number of hydrazone groups is 1. The predicted molar refractivity (Wildman–Crippen MR) is 123 cm³/mol. The third kappa shape index (κ3) is 4.07. The fourth-order valence-electron chi connectivity index (χ4n) is 4.26. The zero-order chi connectivity index (χ0) is 21.2. The number of hydrogen-bond acceptors (Lipinski definition) is 5. The van der Waals surface area contributed by atoms with E-state index in [1.165, 1.54) is 22.6 Å². The summed E-state index contributed by atoms with van der Waals surface area (Å²) in [5.41, 5.74) is 2.20. The lowest BCUT2D eigenvalue weighted by Crippen LogP contribution is -2.34. The van der Waals surface area contributed by atoms with Gasteiger partial charge in [0.15, 0.2) is 18.2 Å². The Morgan fingerprint density at radius 3 is 2.77 bits per heavy atom.